The van der Waals surface area contributed by atoms with Gasteiger partial charge in [0.1, 0.15) is 0 Å². The van der Waals surface area contributed by atoms with Crippen LogP contribution in [0.25, 0.3) is 0 Å². The third kappa shape index (κ3) is 8.34. The molecule has 20 heavy (non-hydrogen) atoms. The van der Waals surface area contributed by atoms with Crippen molar-refractivity contribution >= 4 is 0 Å². The van der Waals surface area contributed by atoms with Gasteiger partial charge in [0, 0.05) is 0 Å². The van der Waals surface area contributed by atoms with E-state index in [2.05, 4.69) is 26.0 Å². The highest BCUT2D eigenvalue weighted by Crippen LogP contribution is 2.21. The van der Waals surface area contributed by atoms with Gasteiger partial charge in [0.15, 0.2) is 0 Å². The Morgan fingerprint density at radius 2 is 1.55 bits per heavy atom. The third-order valence-electron chi connectivity index (χ3n) is 3.19. The van der Waals surface area contributed by atoms with Crippen molar-refractivity contribution in [2.45, 2.75) is 78.3 Å². The Bertz CT molecular complexity index is 327. The Kier molecular flexibility index (Phi) is 8.56. The lowest BCUT2D eigenvalue weighted by atomic mass is 10.2. The summed E-state index contributed by atoms with van der Waals surface area (Å²) in [5.41, 5.74) is 1.24. The molecule has 0 saturated heterocycles. The molecule has 0 N–H and O–H groups in total. The molecule has 1 saturated carbocycles. The molecule has 0 radical (unpaired) electrons. The maximum absolute atomic E-state index is 5.61. The summed E-state index contributed by atoms with van der Waals surface area (Å²) in [5, 5.41) is 0. The fourth-order valence-electron chi connectivity index (χ4n) is 2.25. The molecule has 0 heterocycles. The van der Waals surface area contributed by atoms with Crippen LogP contribution in [0.15, 0.2) is 30.3 Å². The van der Waals surface area contributed by atoms with Gasteiger partial charge in [-0.2, -0.15) is 0 Å². The molecule has 1 aliphatic rings. The van der Waals surface area contributed by atoms with Crippen LogP contribution < -0.4 is 0 Å². The zero-order valence-electron chi connectivity index (χ0n) is 13.5. The Morgan fingerprint density at radius 3 is 2.05 bits per heavy atom. The standard InChI is InChI=1S/C10H14O.C8H16O/c1-9(2)11-8-10-6-4-3-5-7-10;1-7(2)9-8-5-3-4-6-8/h3-7,9H,8H2,1-2H3;7-8H,3-6H2,1-2H3. The number of hydrogen-bond donors (Lipinski definition) is 0. The van der Waals surface area contributed by atoms with Crippen LogP contribution in [0.2, 0.25) is 0 Å². The fourth-order valence-corrected chi connectivity index (χ4v) is 2.25. The van der Waals surface area contributed by atoms with Gasteiger partial charge in [-0.15, -0.1) is 0 Å². The molecule has 2 heteroatoms. The van der Waals surface area contributed by atoms with E-state index in [1.807, 2.05) is 32.0 Å². The van der Waals surface area contributed by atoms with Crippen LogP contribution >= 0.6 is 0 Å². The van der Waals surface area contributed by atoms with E-state index < -0.39 is 0 Å². The lowest BCUT2D eigenvalue weighted by Gasteiger charge is -2.13. The van der Waals surface area contributed by atoms with Gasteiger partial charge in [0.05, 0.1) is 24.9 Å². The van der Waals surface area contributed by atoms with Crippen LogP contribution in [0.5, 0.6) is 0 Å². The number of benzene rings is 1. The van der Waals surface area contributed by atoms with Gasteiger partial charge >= 0.3 is 0 Å². The van der Waals surface area contributed by atoms with Crippen molar-refractivity contribution in [3.63, 3.8) is 0 Å². The van der Waals surface area contributed by atoms with Crippen molar-refractivity contribution in [2.24, 2.45) is 0 Å². The molecule has 0 spiro atoms. The largest absolute Gasteiger partial charge is 0.376 e. The first-order valence-corrected chi connectivity index (χ1v) is 7.89. The van der Waals surface area contributed by atoms with E-state index in [1.54, 1.807) is 0 Å². The monoisotopic (exact) mass is 278 g/mol. The van der Waals surface area contributed by atoms with Gasteiger partial charge in [-0.1, -0.05) is 43.2 Å². The lowest BCUT2D eigenvalue weighted by Crippen LogP contribution is -2.13. The molecule has 0 aromatic heterocycles. The SMILES string of the molecule is CC(C)OC1CCCC1.CC(C)OCc1ccccc1. The molecular weight excluding hydrogens is 248 g/mol. The van der Waals surface area contributed by atoms with Crippen molar-refractivity contribution in [3.05, 3.63) is 35.9 Å². The van der Waals surface area contributed by atoms with Gasteiger partial charge in [-0.05, 0) is 46.1 Å². The molecule has 1 fully saturated rings. The molecular formula is C18H30O2. The zero-order chi connectivity index (χ0) is 14.8. The minimum atomic E-state index is 0.315. The molecule has 0 aliphatic heterocycles. The zero-order valence-corrected chi connectivity index (χ0v) is 13.5. The molecule has 0 bridgehead atoms. The topological polar surface area (TPSA) is 18.5 Å². The van der Waals surface area contributed by atoms with Crippen LogP contribution in [-0.2, 0) is 16.1 Å². The van der Waals surface area contributed by atoms with E-state index >= 15 is 0 Å². The second-order valence-corrected chi connectivity index (χ2v) is 5.94. The van der Waals surface area contributed by atoms with Crippen LogP contribution in [0.1, 0.15) is 58.9 Å². The molecule has 1 aliphatic carbocycles. The highest BCUT2D eigenvalue weighted by Gasteiger charge is 2.15. The van der Waals surface area contributed by atoms with Crippen molar-refractivity contribution in [1.29, 1.82) is 0 Å². The smallest absolute Gasteiger partial charge is 0.0720 e. The van der Waals surface area contributed by atoms with E-state index in [9.17, 15) is 0 Å². The molecule has 114 valence electrons. The summed E-state index contributed by atoms with van der Waals surface area (Å²) >= 11 is 0. The number of hydrogen-bond acceptors (Lipinski definition) is 2. The van der Waals surface area contributed by atoms with Gasteiger partial charge in [0.2, 0.25) is 0 Å². The lowest BCUT2D eigenvalue weighted by molar-refractivity contribution is 0.0126. The quantitative estimate of drug-likeness (QED) is 0.757. The highest BCUT2D eigenvalue weighted by molar-refractivity contribution is 5.13. The van der Waals surface area contributed by atoms with Crippen molar-refractivity contribution < 1.29 is 9.47 Å². The molecule has 2 nitrogen and oxygen atoms in total. The molecule has 0 atom stereocenters. The van der Waals surface area contributed by atoms with Crippen LogP contribution in [-0.4, -0.2) is 18.3 Å². The predicted molar refractivity (Wildman–Crippen MR) is 84.8 cm³/mol. The van der Waals surface area contributed by atoms with Gasteiger partial charge < -0.3 is 9.47 Å². The summed E-state index contributed by atoms with van der Waals surface area (Å²) < 4.78 is 11.0. The third-order valence-corrected chi connectivity index (χ3v) is 3.19. The predicted octanol–water partition coefficient (Wildman–Crippen LogP) is 4.97. The maximum Gasteiger partial charge on any atom is 0.0720 e. The van der Waals surface area contributed by atoms with E-state index in [4.69, 9.17) is 9.47 Å². The average molecular weight is 278 g/mol. The second-order valence-electron chi connectivity index (χ2n) is 5.94. The van der Waals surface area contributed by atoms with Gasteiger partial charge in [0.25, 0.3) is 0 Å². The summed E-state index contributed by atoms with van der Waals surface area (Å²) in [7, 11) is 0. The normalized spacial score (nSPS) is 15.5. The van der Waals surface area contributed by atoms with E-state index in [-0.39, 0.29) is 0 Å². The number of ether oxygens (including phenoxy) is 2. The van der Waals surface area contributed by atoms with Crippen LogP contribution in [0.4, 0.5) is 0 Å². The summed E-state index contributed by atoms with van der Waals surface area (Å²) in [5.74, 6) is 0. The Balaban J connectivity index is 0.000000204. The first-order chi connectivity index (χ1) is 9.58. The maximum atomic E-state index is 5.61. The average Bonchev–Trinajstić information content (AvgIpc) is 2.90. The Hall–Kier alpha value is -0.860. The van der Waals surface area contributed by atoms with Crippen molar-refractivity contribution in [2.75, 3.05) is 0 Å². The second kappa shape index (κ2) is 9.95. The molecule has 1 aromatic rings. The number of rotatable bonds is 5. The van der Waals surface area contributed by atoms with E-state index in [1.165, 1.54) is 31.2 Å². The van der Waals surface area contributed by atoms with Gasteiger partial charge in [-0.3, -0.25) is 0 Å². The van der Waals surface area contributed by atoms with Crippen LogP contribution in [0, 0.1) is 0 Å². The summed E-state index contributed by atoms with van der Waals surface area (Å²) in [6, 6.07) is 10.2. The Morgan fingerprint density at radius 1 is 0.950 bits per heavy atom. The minimum Gasteiger partial charge on any atom is -0.376 e. The highest BCUT2D eigenvalue weighted by atomic mass is 16.5. The van der Waals surface area contributed by atoms with E-state index in [0.29, 0.717) is 18.3 Å². The first kappa shape index (κ1) is 17.2. The summed E-state index contributed by atoms with van der Waals surface area (Å²) in [6.45, 7) is 9.03. The molecule has 0 unspecified atom stereocenters. The Labute approximate surface area is 124 Å². The van der Waals surface area contributed by atoms with Gasteiger partial charge in [-0.25, -0.2) is 0 Å². The molecule has 0 amide bonds. The molecule has 2 rings (SSSR count). The molecule has 1 aromatic carbocycles. The van der Waals surface area contributed by atoms with Crippen LogP contribution in [0.3, 0.4) is 0 Å². The fraction of sp³-hybridized carbons (Fsp3) is 0.667. The summed E-state index contributed by atoms with van der Waals surface area (Å²) in [4.78, 5) is 0. The minimum absolute atomic E-state index is 0.315. The summed E-state index contributed by atoms with van der Waals surface area (Å²) in [6.07, 6.45) is 6.65. The van der Waals surface area contributed by atoms with E-state index in [0.717, 1.165) is 6.61 Å². The van der Waals surface area contributed by atoms with Crippen molar-refractivity contribution in [3.8, 4) is 0 Å². The first-order valence-electron chi connectivity index (χ1n) is 7.89. The van der Waals surface area contributed by atoms with Crippen molar-refractivity contribution in [1.82, 2.24) is 0 Å².